The minimum absolute atomic E-state index is 0.0440. The molecule has 0 unspecified atom stereocenters. The molecule has 9 heteroatoms. The Labute approximate surface area is 213 Å². The summed E-state index contributed by atoms with van der Waals surface area (Å²) >= 11 is 11.6. The third-order valence-corrected chi connectivity index (χ3v) is 6.20. The first-order valence-electron chi connectivity index (χ1n) is 11.0. The number of ether oxygens (including phenoxy) is 1. The lowest BCUT2D eigenvalue weighted by molar-refractivity contribution is -0.124. The summed E-state index contributed by atoms with van der Waals surface area (Å²) in [4.78, 5) is 29.3. The Morgan fingerprint density at radius 1 is 1.09 bits per heavy atom. The van der Waals surface area contributed by atoms with Gasteiger partial charge in [0.2, 0.25) is 5.91 Å². The predicted molar refractivity (Wildman–Crippen MR) is 138 cm³/mol. The van der Waals surface area contributed by atoms with Crippen LogP contribution in [0.4, 0.5) is 15.8 Å². The minimum atomic E-state index is -0.902. The van der Waals surface area contributed by atoms with Crippen LogP contribution < -0.4 is 15.0 Å². The Morgan fingerprint density at radius 3 is 2.43 bits per heavy atom. The van der Waals surface area contributed by atoms with Crippen LogP contribution in [-0.2, 0) is 16.1 Å². The summed E-state index contributed by atoms with van der Waals surface area (Å²) in [6.07, 6.45) is -0.162. The van der Waals surface area contributed by atoms with Crippen molar-refractivity contribution in [3.63, 3.8) is 0 Å². The summed E-state index contributed by atoms with van der Waals surface area (Å²) in [7, 11) is 0. The second-order valence-electron chi connectivity index (χ2n) is 7.88. The van der Waals surface area contributed by atoms with Crippen LogP contribution in [0.5, 0.6) is 5.75 Å². The molecule has 1 fully saturated rings. The first kappa shape index (κ1) is 24.6. The van der Waals surface area contributed by atoms with Crippen molar-refractivity contribution in [2.45, 2.75) is 25.9 Å². The number of benzene rings is 3. The lowest BCUT2D eigenvalue weighted by Gasteiger charge is -2.24. The molecule has 3 aromatic rings. The first-order chi connectivity index (χ1) is 16.9. The SMILES string of the molecule is CCOc1ccc(NC(=O)C[C@@H]2C(=O)N(c3ccc(Cl)cc3)C(=S)N2Cc2ccccc2F)cc1. The molecule has 0 radical (unpaired) electrons. The molecule has 1 aliphatic rings. The topological polar surface area (TPSA) is 61.9 Å². The lowest BCUT2D eigenvalue weighted by atomic mass is 10.1. The fraction of sp³-hybridized carbons (Fsp3) is 0.192. The van der Waals surface area contributed by atoms with E-state index in [0.29, 0.717) is 34.3 Å². The molecule has 6 nitrogen and oxygen atoms in total. The fourth-order valence-electron chi connectivity index (χ4n) is 3.84. The third-order valence-electron chi connectivity index (χ3n) is 5.53. The monoisotopic (exact) mass is 511 g/mol. The standard InChI is InChI=1S/C26H23ClFN3O3S/c1-2-34-21-13-9-19(10-14-21)29-24(32)15-23-25(33)31(20-11-7-18(27)8-12-20)26(35)30(23)16-17-5-3-4-6-22(17)28/h3-14,23H,2,15-16H2,1H3,(H,29,32)/t23-/m1/s1. The highest BCUT2D eigenvalue weighted by Crippen LogP contribution is 2.30. The van der Waals surface area contributed by atoms with Crippen LogP contribution in [0.3, 0.4) is 0 Å². The summed E-state index contributed by atoms with van der Waals surface area (Å²) in [5, 5.41) is 3.51. The van der Waals surface area contributed by atoms with Crippen molar-refractivity contribution >= 4 is 52.1 Å². The van der Waals surface area contributed by atoms with E-state index in [1.54, 1.807) is 71.6 Å². The van der Waals surface area contributed by atoms with Crippen molar-refractivity contribution in [1.82, 2.24) is 4.90 Å². The van der Waals surface area contributed by atoms with Gasteiger partial charge in [-0.3, -0.25) is 14.5 Å². The van der Waals surface area contributed by atoms with E-state index in [9.17, 15) is 14.0 Å². The van der Waals surface area contributed by atoms with Crippen LogP contribution in [0.15, 0.2) is 72.8 Å². The number of carbonyl (C=O) groups is 2. The molecule has 4 rings (SSSR count). The highest BCUT2D eigenvalue weighted by molar-refractivity contribution is 7.80. The average Bonchev–Trinajstić information content (AvgIpc) is 3.06. The second kappa shape index (κ2) is 10.8. The zero-order chi connectivity index (χ0) is 24.9. The maximum absolute atomic E-state index is 14.4. The number of nitrogens with zero attached hydrogens (tertiary/aromatic N) is 2. The quantitative estimate of drug-likeness (QED) is 0.410. The summed E-state index contributed by atoms with van der Waals surface area (Å²) in [6, 6.07) is 19.0. The number of amides is 2. The van der Waals surface area contributed by atoms with Gasteiger partial charge in [0.25, 0.3) is 5.91 Å². The van der Waals surface area contributed by atoms with Crippen LogP contribution in [0, 0.1) is 5.82 Å². The van der Waals surface area contributed by atoms with Crippen LogP contribution in [0.2, 0.25) is 5.02 Å². The molecular weight excluding hydrogens is 489 g/mol. The van der Waals surface area contributed by atoms with Gasteiger partial charge in [-0.15, -0.1) is 0 Å². The van der Waals surface area contributed by atoms with Gasteiger partial charge in [0.15, 0.2) is 5.11 Å². The molecule has 3 aromatic carbocycles. The normalized spacial score (nSPS) is 15.5. The van der Waals surface area contributed by atoms with Crippen LogP contribution in [-0.4, -0.2) is 34.5 Å². The van der Waals surface area contributed by atoms with Crippen molar-refractivity contribution in [3.05, 3.63) is 89.2 Å². The van der Waals surface area contributed by atoms with Crippen molar-refractivity contribution in [3.8, 4) is 5.75 Å². The summed E-state index contributed by atoms with van der Waals surface area (Å²) in [5.74, 6) is -0.455. The average molecular weight is 512 g/mol. The number of anilines is 2. The number of carbonyl (C=O) groups excluding carboxylic acids is 2. The molecule has 0 spiro atoms. The molecule has 1 heterocycles. The van der Waals surface area contributed by atoms with Gasteiger partial charge in [-0.1, -0.05) is 29.8 Å². The largest absolute Gasteiger partial charge is 0.494 e. The van der Waals surface area contributed by atoms with E-state index in [0.717, 1.165) is 0 Å². The van der Waals surface area contributed by atoms with Gasteiger partial charge in [0, 0.05) is 22.8 Å². The van der Waals surface area contributed by atoms with E-state index < -0.39 is 11.9 Å². The molecule has 1 aliphatic heterocycles. The molecule has 180 valence electrons. The van der Waals surface area contributed by atoms with Crippen LogP contribution in [0.1, 0.15) is 18.9 Å². The Bertz CT molecular complexity index is 1240. The molecule has 0 aromatic heterocycles. The maximum Gasteiger partial charge on any atom is 0.256 e. The lowest BCUT2D eigenvalue weighted by Crippen LogP contribution is -2.37. The Morgan fingerprint density at radius 2 is 1.77 bits per heavy atom. The molecule has 0 saturated carbocycles. The molecule has 0 bridgehead atoms. The van der Waals surface area contributed by atoms with Crippen molar-refractivity contribution in [2.75, 3.05) is 16.8 Å². The number of hydrogen-bond donors (Lipinski definition) is 1. The first-order valence-corrected chi connectivity index (χ1v) is 11.8. The Balaban J connectivity index is 1.57. The number of nitrogens with one attached hydrogen (secondary N) is 1. The second-order valence-corrected chi connectivity index (χ2v) is 8.68. The highest BCUT2D eigenvalue weighted by Gasteiger charge is 2.44. The van der Waals surface area contributed by atoms with Gasteiger partial charge in [0.05, 0.1) is 18.7 Å². The van der Waals surface area contributed by atoms with Crippen molar-refractivity contribution < 1.29 is 18.7 Å². The summed E-state index contributed by atoms with van der Waals surface area (Å²) in [5.41, 5.74) is 1.47. The number of rotatable bonds is 8. The molecular formula is C26H23ClFN3O3S. The zero-order valence-electron chi connectivity index (χ0n) is 18.9. The molecule has 1 N–H and O–H groups in total. The van der Waals surface area contributed by atoms with Gasteiger partial charge in [-0.05, 0) is 73.7 Å². The van der Waals surface area contributed by atoms with Crippen LogP contribution in [0.25, 0.3) is 0 Å². The molecule has 1 atom stereocenters. The summed E-state index contributed by atoms with van der Waals surface area (Å²) in [6.45, 7) is 2.47. The van der Waals surface area contributed by atoms with E-state index in [-0.39, 0.29) is 29.9 Å². The fourth-order valence-corrected chi connectivity index (χ4v) is 4.35. The summed E-state index contributed by atoms with van der Waals surface area (Å²) < 4.78 is 19.8. The zero-order valence-corrected chi connectivity index (χ0v) is 20.5. The maximum atomic E-state index is 14.4. The predicted octanol–water partition coefficient (Wildman–Crippen LogP) is 5.41. The van der Waals surface area contributed by atoms with Gasteiger partial charge >= 0.3 is 0 Å². The highest BCUT2D eigenvalue weighted by atomic mass is 35.5. The van der Waals surface area contributed by atoms with Gasteiger partial charge in [-0.2, -0.15) is 0 Å². The van der Waals surface area contributed by atoms with E-state index in [1.807, 2.05) is 6.92 Å². The van der Waals surface area contributed by atoms with Gasteiger partial charge < -0.3 is 15.0 Å². The van der Waals surface area contributed by atoms with E-state index in [1.165, 1.54) is 11.0 Å². The molecule has 0 aliphatic carbocycles. The van der Waals surface area contributed by atoms with Crippen molar-refractivity contribution in [1.29, 1.82) is 0 Å². The third kappa shape index (κ3) is 5.61. The van der Waals surface area contributed by atoms with E-state index >= 15 is 0 Å². The molecule has 2 amide bonds. The van der Waals surface area contributed by atoms with Crippen molar-refractivity contribution in [2.24, 2.45) is 0 Å². The van der Waals surface area contributed by atoms with E-state index in [2.05, 4.69) is 5.32 Å². The van der Waals surface area contributed by atoms with Gasteiger partial charge in [0.1, 0.15) is 17.6 Å². The molecule has 35 heavy (non-hydrogen) atoms. The number of halogens is 2. The molecule has 1 saturated heterocycles. The smallest absolute Gasteiger partial charge is 0.256 e. The number of thiocarbonyl (C=S) groups is 1. The van der Waals surface area contributed by atoms with E-state index in [4.69, 9.17) is 28.6 Å². The Hall–Kier alpha value is -3.49. The Kier molecular flexibility index (Phi) is 7.63. The minimum Gasteiger partial charge on any atom is -0.494 e. The van der Waals surface area contributed by atoms with Crippen LogP contribution >= 0.6 is 23.8 Å². The number of hydrogen-bond acceptors (Lipinski definition) is 4. The van der Waals surface area contributed by atoms with Gasteiger partial charge in [-0.25, -0.2) is 4.39 Å².